The molecule has 5 nitrogen and oxygen atoms in total. The monoisotopic (exact) mass is 314 g/mol. The maximum atomic E-state index is 11.6. The Balaban J connectivity index is 2.30. The molecule has 0 aromatic heterocycles. The van der Waals surface area contributed by atoms with Gasteiger partial charge in [-0.3, -0.25) is 4.79 Å². The molecule has 0 fully saturated rings. The van der Waals surface area contributed by atoms with E-state index >= 15 is 0 Å². The number of rotatable bonds is 8. The van der Waals surface area contributed by atoms with E-state index in [1.807, 2.05) is 26.0 Å². The zero-order valence-corrected chi connectivity index (χ0v) is 13.4. The van der Waals surface area contributed by atoms with Crippen molar-refractivity contribution in [3.8, 4) is 5.75 Å². The smallest absolute Gasteiger partial charge is 0.226 e. The van der Waals surface area contributed by atoms with Crippen molar-refractivity contribution >= 4 is 17.5 Å². The summed E-state index contributed by atoms with van der Waals surface area (Å²) in [5, 5.41) is 16.1. The molecule has 0 heterocycles. The largest absolute Gasteiger partial charge is 0.489 e. The fourth-order valence-electron chi connectivity index (χ4n) is 1.78. The van der Waals surface area contributed by atoms with Gasteiger partial charge in [-0.15, -0.1) is 0 Å². The molecule has 0 bridgehead atoms. The molecule has 6 heteroatoms. The summed E-state index contributed by atoms with van der Waals surface area (Å²) in [4.78, 5) is 11.6. The van der Waals surface area contributed by atoms with Gasteiger partial charge in [0.1, 0.15) is 18.5 Å². The maximum Gasteiger partial charge on any atom is 0.226 e. The van der Waals surface area contributed by atoms with Crippen LogP contribution >= 0.6 is 11.6 Å². The highest BCUT2D eigenvalue weighted by molar-refractivity contribution is 6.32. The Kier molecular flexibility index (Phi) is 6.95. The Labute approximate surface area is 130 Å². The van der Waals surface area contributed by atoms with E-state index in [0.29, 0.717) is 23.9 Å². The highest BCUT2D eigenvalue weighted by atomic mass is 35.5. The van der Waals surface area contributed by atoms with Crippen molar-refractivity contribution < 1.29 is 14.6 Å². The molecule has 1 unspecified atom stereocenters. The van der Waals surface area contributed by atoms with E-state index in [0.717, 1.165) is 0 Å². The van der Waals surface area contributed by atoms with Gasteiger partial charge < -0.3 is 20.5 Å². The molecule has 3 N–H and O–H groups in total. The molecule has 1 aromatic carbocycles. The van der Waals surface area contributed by atoms with Crippen molar-refractivity contribution in [3.63, 3.8) is 0 Å². The summed E-state index contributed by atoms with van der Waals surface area (Å²) in [5.74, 6) is 0.501. The summed E-state index contributed by atoms with van der Waals surface area (Å²) in [6.07, 6.45) is -0.679. The predicted octanol–water partition coefficient (Wildman–Crippen LogP) is 1.44. The van der Waals surface area contributed by atoms with Crippen LogP contribution in [0.2, 0.25) is 5.02 Å². The third-order valence-corrected chi connectivity index (χ3v) is 3.37. The highest BCUT2D eigenvalue weighted by Gasteiger charge is 2.26. The molecule has 1 rings (SSSR count). The number of carbonyl (C=O) groups is 1. The Hall–Kier alpha value is -1.30. The van der Waals surface area contributed by atoms with Crippen molar-refractivity contribution in [1.82, 2.24) is 10.6 Å². The molecule has 1 aromatic rings. The van der Waals surface area contributed by atoms with Crippen LogP contribution in [0.1, 0.15) is 13.8 Å². The van der Waals surface area contributed by atoms with Gasteiger partial charge in [-0.05, 0) is 26.0 Å². The Morgan fingerprint density at radius 2 is 2.10 bits per heavy atom. The number of para-hydroxylation sites is 1. The fraction of sp³-hybridized carbons (Fsp3) is 0.533. The molecule has 0 spiro atoms. The van der Waals surface area contributed by atoms with Gasteiger partial charge in [-0.1, -0.05) is 23.7 Å². The molecular formula is C15H23ClN2O3. The van der Waals surface area contributed by atoms with Crippen molar-refractivity contribution in [2.24, 2.45) is 5.41 Å². The summed E-state index contributed by atoms with van der Waals surface area (Å²) < 4.78 is 5.45. The number of ether oxygens (including phenoxy) is 1. The van der Waals surface area contributed by atoms with Gasteiger partial charge in [0, 0.05) is 20.1 Å². The molecule has 21 heavy (non-hydrogen) atoms. The molecule has 0 saturated heterocycles. The number of aliphatic hydroxyl groups is 1. The first kappa shape index (κ1) is 17.8. The van der Waals surface area contributed by atoms with Crippen LogP contribution in [0, 0.1) is 5.41 Å². The van der Waals surface area contributed by atoms with Gasteiger partial charge in [0.05, 0.1) is 10.4 Å². The number of hydrogen-bond donors (Lipinski definition) is 3. The summed E-state index contributed by atoms with van der Waals surface area (Å²) in [5.41, 5.74) is -0.530. The van der Waals surface area contributed by atoms with Crippen LogP contribution in [0.15, 0.2) is 24.3 Å². The molecule has 0 aliphatic heterocycles. The van der Waals surface area contributed by atoms with Crippen LogP contribution in [0.25, 0.3) is 0 Å². The molecule has 1 atom stereocenters. The second-order valence-electron chi connectivity index (χ2n) is 5.49. The zero-order valence-electron chi connectivity index (χ0n) is 12.6. The van der Waals surface area contributed by atoms with Crippen LogP contribution in [-0.4, -0.2) is 43.9 Å². The van der Waals surface area contributed by atoms with E-state index in [-0.39, 0.29) is 12.5 Å². The molecule has 0 aliphatic rings. The number of benzene rings is 1. The number of aliphatic hydroxyl groups excluding tert-OH is 1. The normalized spacial score (nSPS) is 12.8. The van der Waals surface area contributed by atoms with Crippen LogP contribution in [0.3, 0.4) is 0 Å². The zero-order chi connectivity index (χ0) is 15.9. The van der Waals surface area contributed by atoms with Gasteiger partial charge in [0.25, 0.3) is 0 Å². The third-order valence-electron chi connectivity index (χ3n) is 3.06. The van der Waals surface area contributed by atoms with Crippen LogP contribution in [0.5, 0.6) is 5.75 Å². The van der Waals surface area contributed by atoms with Crippen LogP contribution < -0.4 is 15.4 Å². The first-order valence-corrected chi connectivity index (χ1v) is 7.23. The van der Waals surface area contributed by atoms with Crippen molar-refractivity contribution in [2.75, 3.05) is 26.7 Å². The standard InChI is InChI=1S/C15H23ClN2O3/c1-15(2,14(20)17-3)10-18-8-11(19)9-21-13-7-5-4-6-12(13)16/h4-7,11,18-19H,8-10H2,1-3H3,(H,17,20). The first-order valence-electron chi connectivity index (χ1n) is 6.85. The van der Waals surface area contributed by atoms with Gasteiger partial charge in [-0.25, -0.2) is 0 Å². The first-order chi connectivity index (χ1) is 9.86. The number of amides is 1. The Morgan fingerprint density at radius 3 is 2.71 bits per heavy atom. The second-order valence-corrected chi connectivity index (χ2v) is 5.90. The van der Waals surface area contributed by atoms with Crippen LogP contribution in [0.4, 0.5) is 0 Å². The van der Waals surface area contributed by atoms with Crippen molar-refractivity contribution in [3.05, 3.63) is 29.3 Å². The lowest BCUT2D eigenvalue weighted by atomic mass is 9.92. The lowest BCUT2D eigenvalue weighted by Gasteiger charge is -2.23. The molecule has 1 amide bonds. The average Bonchev–Trinajstić information content (AvgIpc) is 2.45. The lowest BCUT2D eigenvalue weighted by molar-refractivity contribution is -0.128. The summed E-state index contributed by atoms with van der Waals surface area (Å²) in [6.45, 7) is 4.62. The summed E-state index contributed by atoms with van der Waals surface area (Å²) in [6, 6.07) is 7.11. The molecule has 118 valence electrons. The maximum absolute atomic E-state index is 11.6. The van der Waals surface area contributed by atoms with Gasteiger partial charge in [0.2, 0.25) is 5.91 Å². The molecule has 0 aliphatic carbocycles. The fourth-order valence-corrected chi connectivity index (χ4v) is 1.97. The van der Waals surface area contributed by atoms with E-state index in [1.165, 1.54) is 0 Å². The predicted molar refractivity (Wildman–Crippen MR) is 83.7 cm³/mol. The Bertz CT molecular complexity index is 466. The SMILES string of the molecule is CNC(=O)C(C)(C)CNCC(O)COc1ccccc1Cl. The highest BCUT2D eigenvalue weighted by Crippen LogP contribution is 2.23. The van der Waals surface area contributed by atoms with Crippen molar-refractivity contribution in [2.45, 2.75) is 20.0 Å². The van der Waals surface area contributed by atoms with E-state index in [9.17, 15) is 9.90 Å². The Morgan fingerprint density at radius 1 is 1.43 bits per heavy atom. The van der Waals surface area contributed by atoms with Gasteiger partial charge in [-0.2, -0.15) is 0 Å². The van der Waals surface area contributed by atoms with E-state index in [2.05, 4.69) is 10.6 Å². The molecule has 0 radical (unpaired) electrons. The lowest BCUT2D eigenvalue weighted by Crippen LogP contribution is -2.44. The number of carbonyl (C=O) groups excluding carboxylic acids is 1. The van der Waals surface area contributed by atoms with Crippen molar-refractivity contribution in [1.29, 1.82) is 0 Å². The minimum Gasteiger partial charge on any atom is -0.489 e. The topological polar surface area (TPSA) is 70.6 Å². The summed E-state index contributed by atoms with van der Waals surface area (Å²) >= 11 is 5.96. The van der Waals surface area contributed by atoms with Gasteiger partial charge in [0.15, 0.2) is 0 Å². The summed E-state index contributed by atoms with van der Waals surface area (Å²) in [7, 11) is 1.61. The second kappa shape index (κ2) is 8.22. The van der Waals surface area contributed by atoms with E-state index in [4.69, 9.17) is 16.3 Å². The number of nitrogens with one attached hydrogen (secondary N) is 2. The minimum atomic E-state index is -0.679. The average molecular weight is 315 g/mol. The minimum absolute atomic E-state index is 0.0446. The quantitative estimate of drug-likeness (QED) is 0.679. The van der Waals surface area contributed by atoms with Gasteiger partial charge >= 0.3 is 0 Å². The third kappa shape index (κ3) is 5.91. The van der Waals surface area contributed by atoms with E-state index < -0.39 is 11.5 Å². The number of hydrogen-bond acceptors (Lipinski definition) is 4. The van der Waals surface area contributed by atoms with E-state index in [1.54, 1.807) is 19.2 Å². The molecule has 0 saturated carbocycles. The molecular weight excluding hydrogens is 292 g/mol. The van der Waals surface area contributed by atoms with Crippen LogP contribution in [-0.2, 0) is 4.79 Å². The number of halogens is 1.